The van der Waals surface area contributed by atoms with E-state index in [0.717, 1.165) is 4.47 Å². The molecule has 0 aliphatic carbocycles. The van der Waals surface area contributed by atoms with Crippen molar-refractivity contribution in [2.75, 3.05) is 19.0 Å². The second-order valence-electron chi connectivity index (χ2n) is 5.30. The predicted octanol–water partition coefficient (Wildman–Crippen LogP) is 1.80. The van der Waals surface area contributed by atoms with E-state index < -0.39 is 23.5 Å². The van der Waals surface area contributed by atoms with Crippen LogP contribution >= 0.6 is 15.9 Å². The van der Waals surface area contributed by atoms with E-state index in [-0.39, 0.29) is 6.61 Å². The van der Waals surface area contributed by atoms with Crippen LogP contribution in [0.25, 0.3) is 0 Å². The largest absolute Gasteiger partial charge is 0.483 e. The van der Waals surface area contributed by atoms with Gasteiger partial charge in [-0.3, -0.25) is 14.4 Å². The van der Waals surface area contributed by atoms with Crippen LogP contribution in [0.15, 0.2) is 52.0 Å². The summed E-state index contributed by atoms with van der Waals surface area (Å²) in [5.74, 6) is -2.27. The molecule has 0 fully saturated rings. The van der Waals surface area contributed by atoms with Crippen LogP contribution in [0.5, 0.6) is 5.75 Å². The van der Waals surface area contributed by atoms with E-state index in [1.165, 1.54) is 37.5 Å². The Morgan fingerprint density at radius 1 is 1.14 bits per heavy atom. The number of carbonyl (C=O) groups excluding carboxylic acids is 3. The van der Waals surface area contributed by atoms with E-state index in [4.69, 9.17) is 4.74 Å². The highest BCUT2D eigenvalue weighted by atomic mass is 79.9. The number of amides is 3. The number of nitrogens with one attached hydrogen (secondary N) is 3. The fraction of sp³-hybridized carbons (Fsp3) is 0.111. The number of rotatable bonds is 6. The Morgan fingerprint density at radius 3 is 2.54 bits per heavy atom. The van der Waals surface area contributed by atoms with Crippen molar-refractivity contribution in [3.63, 3.8) is 0 Å². The van der Waals surface area contributed by atoms with E-state index >= 15 is 0 Å². The van der Waals surface area contributed by atoms with Crippen molar-refractivity contribution in [2.45, 2.75) is 0 Å². The molecule has 0 radical (unpaired) electrons. The Bertz CT molecular complexity index is 903. The Morgan fingerprint density at radius 2 is 1.86 bits per heavy atom. The predicted molar refractivity (Wildman–Crippen MR) is 104 cm³/mol. The van der Waals surface area contributed by atoms with Gasteiger partial charge in [-0.15, -0.1) is 0 Å². The summed E-state index contributed by atoms with van der Waals surface area (Å²) < 4.78 is 19.1. The zero-order chi connectivity index (χ0) is 20.5. The standard InChI is InChI=1S/C18H16BrFN4O4/c1-21-17(26)18(27)24-22-9-11-8-12(19)2-7-15(11)28-10-16(25)23-14-5-3-13(20)4-6-14/h2-9H,10H2,1H3,(H,21,26)(H,23,25)(H,24,27)/b22-9-. The minimum atomic E-state index is -0.921. The Kier molecular flexibility index (Phi) is 7.64. The second-order valence-corrected chi connectivity index (χ2v) is 6.22. The number of likely N-dealkylation sites (N-methyl/N-ethyl adjacent to an activating group) is 1. The number of carbonyl (C=O) groups is 3. The maximum atomic E-state index is 12.9. The molecule has 0 aliphatic rings. The van der Waals surface area contributed by atoms with E-state index in [9.17, 15) is 18.8 Å². The molecule has 0 saturated carbocycles. The van der Waals surface area contributed by atoms with Crippen molar-refractivity contribution < 1.29 is 23.5 Å². The molecule has 3 amide bonds. The molecule has 0 aliphatic heterocycles. The van der Waals surface area contributed by atoms with Crippen LogP contribution in [-0.2, 0) is 14.4 Å². The summed E-state index contributed by atoms with van der Waals surface area (Å²) in [6.45, 7) is -0.301. The minimum absolute atomic E-state index is 0.301. The van der Waals surface area contributed by atoms with Crippen LogP contribution in [0.2, 0.25) is 0 Å². The Balaban J connectivity index is 1.99. The first kappa shape index (κ1) is 21.0. The summed E-state index contributed by atoms with van der Waals surface area (Å²) in [5.41, 5.74) is 2.96. The smallest absolute Gasteiger partial charge is 0.329 e. The monoisotopic (exact) mass is 450 g/mol. The van der Waals surface area contributed by atoms with Crippen LogP contribution in [0.3, 0.4) is 0 Å². The number of hydrogen-bond acceptors (Lipinski definition) is 5. The molecule has 0 atom stereocenters. The molecule has 2 rings (SSSR count). The SMILES string of the molecule is CNC(=O)C(=O)N/N=C\c1cc(Br)ccc1OCC(=O)Nc1ccc(F)cc1. The van der Waals surface area contributed by atoms with Crippen LogP contribution in [0.1, 0.15) is 5.56 Å². The maximum absolute atomic E-state index is 12.9. The lowest BCUT2D eigenvalue weighted by Crippen LogP contribution is -2.35. The Labute approximate surface area is 168 Å². The fourth-order valence-electron chi connectivity index (χ4n) is 1.95. The number of hydrazone groups is 1. The molecule has 28 heavy (non-hydrogen) atoms. The normalized spacial score (nSPS) is 10.4. The maximum Gasteiger partial charge on any atom is 0.329 e. The lowest BCUT2D eigenvalue weighted by molar-refractivity contribution is -0.138. The molecule has 0 heterocycles. The fourth-order valence-corrected chi connectivity index (χ4v) is 2.33. The van der Waals surface area contributed by atoms with Crippen molar-refractivity contribution in [1.82, 2.24) is 10.7 Å². The first-order valence-electron chi connectivity index (χ1n) is 7.92. The number of anilines is 1. The number of benzene rings is 2. The number of nitrogens with zero attached hydrogens (tertiary/aromatic N) is 1. The lowest BCUT2D eigenvalue weighted by atomic mass is 10.2. The summed E-state index contributed by atoms with van der Waals surface area (Å²) in [5, 5.41) is 8.43. The molecule has 0 spiro atoms. The van der Waals surface area contributed by atoms with Gasteiger partial charge in [-0.1, -0.05) is 15.9 Å². The molecule has 146 valence electrons. The lowest BCUT2D eigenvalue weighted by Gasteiger charge is -2.10. The second kappa shape index (κ2) is 10.2. The van der Waals surface area contributed by atoms with Crippen LogP contribution in [0, 0.1) is 5.82 Å². The third-order valence-corrected chi connectivity index (χ3v) is 3.75. The molecule has 0 saturated heterocycles. The van der Waals surface area contributed by atoms with Crippen molar-refractivity contribution in [3.8, 4) is 5.75 Å². The van der Waals surface area contributed by atoms with Gasteiger partial charge >= 0.3 is 11.8 Å². The van der Waals surface area contributed by atoms with Gasteiger partial charge in [0, 0.05) is 22.8 Å². The van der Waals surface area contributed by atoms with Crippen molar-refractivity contribution in [3.05, 3.63) is 58.3 Å². The van der Waals surface area contributed by atoms with E-state index in [1.54, 1.807) is 18.2 Å². The van der Waals surface area contributed by atoms with Gasteiger partial charge in [-0.2, -0.15) is 5.10 Å². The average Bonchev–Trinajstić information content (AvgIpc) is 2.68. The van der Waals surface area contributed by atoms with Gasteiger partial charge in [0.25, 0.3) is 5.91 Å². The molecule has 2 aromatic rings. The van der Waals surface area contributed by atoms with Gasteiger partial charge in [-0.05, 0) is 42.5 Å². The van der Waals surface area contributed by atoms with Gasteiger partial charge in [0.1, 0.15) is 11.6 Å². The third-order valence-electron chi connectivity index (χ3n) is 3.26. The van der Waals surface area contributed by atoms with Crippen LogP contribution in [-0.4, -0.2) is 37.6 Å². The summed E-state index contributed by atoms with van der Waals surface area (Å²) in [6, 6.07) is 10.3. The summed E-state index contributed by atoms with van der Waals surface area (Å²) in [6.07, 6.45) is 1.28. The number of halogens is 2. The van der Waals surface area contributed by atoms with Crippen LogP contribution < -0.4 is 20.8 Å². The first-order valence-corrected chi connectivity index (χ1v) is 8.71. The van der Waals surface area contributed by atoms with Crippen molar-refractivity contribution >= 4 is 45.6 Å². The van der Waals surface area contributed by atoms with Gasteiger partial charge in [0.15, 0.2) is 6.61 Å². The molecule has 0 aromatic heterocycles. The van der Waals surface area contributed by atoms with Gasteiger partial charge < -0.3 is 15.4 Å². The van der Waals surface area contributed by atoms with Gasteiger partial charge in [0.2, 0.25) is 0 Å². The molecule has 8 nitrogen and oxygen atoms in total. The molecule has 0 unspecified atom stereocenters. The highest BCUT2D eigenvalue weighted by molar-refractivity contribution is 9.10. The quantitative estimate of drug-likeness (QED) is 0.354. The van der Waals surface area contributed by atoms with Gasteiger partial charge in [-0.25, -0.2) is 9.82 Å². The molecule has 3 N–H and O–H groups in total. The summed E-state index contributed by atoms with van der Waals surface area (Å²) >= 11 is 3.30. The number of ether oxygens (including phenoxy) is 1. The Hall–Kier alpha value is -3.27. The molecular formula is C18H16BrFN4O4. The molecule has 10 heteroatoms. The zero-order valence-corrected chi connectivity index (χ0v) is 16.2. The molecule has 0 bridgehead atoms. The molecular weight excluding hydrogens is 435 g/mol. The van der Waals surface area contributed by atoms with Gasteiger partial charge in [0.05, 0.1) is 6.21 Å². The zero-order valence-electron chi connectivity index (χ0n) is 14.7. The third kappa shape index (κ3) is 6.47. The first-order chi connectivity index (χ1) is 13.4. The van der Waals surface area contributed by atoms with E-state index in [1.807, 2.05) is 0 Å². The summed E-state index contributed by atoms with van der Waals surface area (Å²) in [4.78, 5) is 34.5. The van der Waals surface area contributed by atoms with E-state index in [2.05, 4.69) is 37.1 Å². The highest BCUT2D eigenvalue weighted by Gasteiger charge is 2.10. The van der Waals surface area contributed by atoms with Crippen molar-refractivity contribution in [1.29, 1.82) is 0 Å². The number of hydrogen-bond donors (Lipinski definition) is 3. The minimum Gasteiger partial charge on any atom is -0.483 e. The van der Waals surface area contributed by atoms with Crippen LogP contribution in [0.4, 0.5) is 10.1 Å². The summed E-state index contributed by atoms with van der Waals surface area (Å²) in [7, 11) is 1.32. The van der Waals surface area contributed by atoms with E-state index in [0.29, 0.717) is 17.0 Å². The highest BCUT2D eigenvalue weighted by Crippen LogP contribution is 2.22. The molecule has 2 aromatic carbocycles. The van der Waals surface area contributed by atoms with Crippen molar-refractivity contribution in [2.24, 2.45) is 5.10 Å². The average molecular weight is 451 g/mol. The topological polar surface area (TPSA) is 109 Å².